The van der Waals surface area contributed by atoms with Crippen LogP contribution in [0.4, 0.5) is 0 Å². The van der Waals surface area contributed by atoms with Crippen molar-refractivity contribution in [3.63, 3.8) is 0 Å². The number of methoxy groups -OCH3 is 1. The minimum atomic E-state index is -0.444. The van der Waals surface area contributed by atoms with Crippen LogP contribution in [0.3, 0.4) is 0 Å². The first-order chi connectivity index (χ1) is 6.16. The van der Waals surface area contributed by atoms with Gasteiger partial charge in [-0.2, -0.15) is 0 Å². The van der Waals surface area contributed by atoms with E-state index >= 15 is 0 Å². The van der Waals surface area contributed by atoms with Crippen LogP contribution in [0.5, 0.6) is 0 Å². The first-order valence-corrected chi connectivity index (χ1v) is 5.32. The molecule has 0 bridgehead atoms. The Morgan fingerprint density at radius 1 is 1.46 bits per heavy atom. The summed E-state index contributed by atoms with van der Waals surface area (Å²) < 4.78 is 4.64. The monoisotopic (exact) mass is 204 g/mol. The predicted molar refractivity (Wildman–Crippen MR) is 52.8 cm³/mol. The van der Waals surface area contributed by atoms with Crippen LogP contribution >= 0.6 is 11.6 Å². The smallest absolute Gasteiger partial charge is 0.324 e. The summed E-state index contributed by atoms with van der Waals surface area (Å²) in [5.74, 6) is 0.582. The molecular formula is C10H17ClO2. The highest BCUT2D eigenvalue weighted by molar-refractivity contribution is 6.30. The molecule has 0 amide bonds. The number of esters is 1. The molecule has 3 heteroatoms. The fourth-order valence-electron chi connectivity index (χ4n) is 2.07. The summed E-state index contributed by atoms with van der Waals surface area (Å²) in [5.41, 5.74) is 0. The van der Waals surface area contributed by atoms with Crippen LogP contribution in [0.2, 0.25) is 0 Å². The van der Waals surface area contributed by atoms with Crippen LogP contribution in [0.25, 0.3) is 0 Å². The van der Waals surface area contributed by atoms with Gasteiger partial charge in [-0.1, -0.05) is 26.2 Å². The third-order valence-corrected chi connectivity index (χ3v) is 3.48. The maximum atomic E-state index is 11.2. The van der Waals surface area contributed by atoms with Crippen LogP contribution in [0.1, 0.15) is 32.6 Å². The molecule has 1 saturated carbocycles. The minimum Gasteiger partial charge on any atom is -0.468 e. The second-order valence-electron chi connectivity index (χ2n) is 3.85. The van der Waals surface area contributed by atoms with E-state index in [2.05, 4.69) is 11.7 Å². The van der Waals surface area contributed by atoms with E-state index in [-0.39, 0.29) is 5.97 Å². The number of hydrogen-bond donors (Lipinski definition) is 0. The lowest BCUT2D eigenvalue weighted by molar-refractivity contribution is -0.141. The zero-order valence-corrected chi connectivity index (χ0v) is 9.01. The molecule has 76 valence electrons. The van der Waals surface area contributed by atoms with Crippen molar-refractivity contribution in [3.05, 3.63) is 0 Å². The van der Waals surface area contributed by atoms with E-state index in [1.165, 1.54) is 26.4 Å². The number of rotatable bonds is 2. The van der Waals surface area contributed by atoms with Crippen LogP contribution in [0, 0.1) is 11.8 Å². The summed E-state index contributed by atoms with van der Waals surface area (Å²) in [4.78, 5) is 11.2. The van der Waals surface area contributed by atoms with Crippen molar-refractivity contribution in [1.82, 2.24) is 0 Å². The molecule has 1 aliphatic rings. The number of carbonyl (C=O) groups excluding carboxylic acids is 1. The molecule has 0 aromatic carbocycles. The summed E-state index contributed by atoms with van der Waals surface area (Å²) in [5, 5.41) is -0.444. The van der Waals surface area contributed by atoms with Crippen molar-refractivity contribution in [2.75, 3.05) is 7.11 Å². The topological polar surface area (TPSA) is 26.3 Å². The molecule has 1 rings (SSSR count). The Balaban J connectivity index is 2.53. The van der Waals surface area contributed by atoms with Gasteiger partial charge >= 0.3 is 5.97 Å². The number of carbonyl (C=O) groups is 1. The first kappa shape index (κ1) is 10.8. The Morgan fingerprint density at radius 2 is 2.08 bits per heavy atom. The average Bonchev–Trinajstić information content (AvgIpc) is 2.16. The molecule has 0 aromatic rings. The van der Waals surface area contributed by atoms with Crippen molar-refractivity contribution in [3.8, 4) is 0 Å². The van der Waals surface area contributed by atoms with E-state index < -0.39 is 5.38 Å². The fourth-order valence-corrected chi connectivity index (χ4v) is 2.53. The van der Waals surface area contributed by atoms with Crippen molar-refractivity contribution >= 4 is 17.6 Å². The van der Waals surface area contributed by atoms with E-state index in [4.69, 9.17) is 11.6 Å². The normalized spacial score (nSPS) is 31.0. The summed E-state index contributed by atoms with van der Waals surface area (Å²) >= 11 is 6.03. The van der Waals surface area contributed by atoms with Gasteiger partial charge in [0.25, 0.3) is 0 Å². The molecule has 0 heterocycles. The van der Waals surface area contributed by atoms with E-state index in [0.29, 0.717) is 11.8 Å². The largest absolute Gasteiger partial charge is 0.468 e. The summed E-state index contributed by atoms with van der Waals surface area (Å²) in [6, 6.07) is 0. The Bertz CT molecular complexity index is 182. The molecule has 3 unspecified atom stereocenters. The van der Waals surface area contributed by atoms with Crippen LogP contribution in [0.15, 0.2) is 0 Å². The first-order valence-electron chi connectivity index (χ1n) is 4.88. The Morgan fingerprint density at radius 3 is 2.62 bits per heavy atom. The van der Waals surface area contributed by atoms with Gasteiger partial charge in [0.15, 0.2) is 0 Å². The third-order valence-electron chi connectivity index (χ3n) is 2.98. The number of halogens is 1. The van der Waals surface area contributed by atoms with Gasteiger partial charge in [0.05, 0.1) is 7.11 Å². The zero-order valence-electron chi connectivity index (χ0n) is 8.25. The molecule has 0 spiro atoms. The molecule has 2 nitrogen and oxygen atoms in total. The van der Waals surface area contributed by atoms with Gasteiger partial charge in [-0.15, -0.1) is 11.6 Å². The van der Waals surface area contributed by atoms with Crippen molar-refractivity contribution in [1.29, 1.82) is 0 Å². The van der Waals surface area contributed by atoms with Crippen molar-refractivity contribution in [2.24, 2.45) is 11.8 Å². The van der Waals surface area contributed by atoms with Gasteiger partial charge in [0, 0.05) is 0 Å². The Labute approximate surface area is 84.6 Å². The average molecular weight is 205 g/mol. The minimum absolute atomic E-state index is 0.277. The molecule has 0 N–H and O–H groups in total. The molecular weight excluding hydrogens is 188 g/mol. The maximum absolute atomic E-state index is 11.2. The molecule has 1 aliphatic carbocycles. The predicted octanol–water partition coefficient (Wildman–Crippen LogP) is 2.59. The van der Waals surface area contributed by atoms with E-state index in [0.717, 1.165) is 6.42 Å². The third kappa shape index (κ3) is 2.60. The highest BCUT2D eigenvalue weighted by Crippen LogP contribution is 2.34. The summed E-state index contributed by atoms with van der Waals surface area (Å²) in [6.45, 7) is 2.17. The second-order valence-corrected chi connectivity index (χ2v) is 4.32. The lowest BCUT2D eigenvalue weighted by Crippen LogP contribution is -2.32. The number of hydrogen-bond acceptors (Lipinski definition) is 2. The molecule has 0 radical (unpaired) electrons. The van der Waals surface area contributed by atoms with Crippen molar-refractivity contribution in [2.45, 2.75) is 38.0 Å². The van der Waals surface area contributed by atoms with Gasteiger partial charge in [-0.05, 0) is 18.3 Å². The zero-order chi connectivity index (χ0) is 9.84. The second kappa shape index (κ2) is 4.85. The van der Waals surface area contributed by atoms with Crippen molar-refractivity contribution < 1.29 is 9.53 Å². The Kier molecular flexibility index (Phi) is 4.04. The maximum Gasteiger partial charge on any atom is 0.324 e. The van der Waals surface area contributed by atoms with Crippen LogP contribution in [-0.2, 0) is 9.53 Å². The van der Waals surface area contributed by atoms with Gasteiger partial charge in [-0.3, -0.25) is 4.79 Å². The standard InChI is InChI=1S/C10H17ClO2/c1-7-5-3-4-6-8(7)9(11)10(12)13-2/h7-9H,3-6H2,1-2H3. The lowest BCUT2D eigenvalue weighted by Gasteiger charge is -2.30. The number of ether oxygens (including phenoxy) is 1. The molecule has 13 heavy (non-hydrogen) atoms. The quantitative estimate of drug-likeness (QED) is 0.511. The summed E-state index contributed by atoms with van der Waals surface area (Å²) in [7, 11) is 1.39. The van der Waals surface area contributed by atoms with Crippen LogP contribution < -0.4 is 0 Å². The SMILES string of the molecule is COC(=O)C(Cl)C1CCCCC1C. The van der Waals surface area contributed by atoms with E-state index in [9.17, 15) is 4.79 Å². The van der Waals surface area contributed by atoms with Gasteiger partial charge < -0.3 is 4.74 Å². The van der Waals surface area contributed by atoms with E-state index in [1.807, 2.05) is 0 Å². The lowest BCUT2D eigenvalue weighted by atomic mass is 9.78. The summed E-state index contributed by atoms with van der Waals surface area (Å²) in [6.07, 6.45) is 4.70. The fraction of sp³-hybridized carbons (Fsp3) is 0.900. The van der Waals surface area contributed by atoms with E-state index in [1.54, 1.807) is 0 Å². The molecule has 0 aliphatic heterocycles. The number of alkyl halides is 1. The highest BCUT2D eigenvalue weighted by atomic mass is 35.5. The van der Waals surface area contributed by atoms with Crippen LogP contribution in [-0.4, -0.2) is 18.5 Å². The van der Waals surface area contributed by atoms with Gasteiger partial charge in [0.2, 0.25) is 0 Å². The highest BCUT2D eigenvalue weighted by Gasteiger charge is 2.32. The molecule has 1 fully saturated rings. The molecule has 3 atom stereocenters. The molecule has 0 aromatic heterocycles. The van der Waals surface area contributed by atoms with Gasteiger partial charge in [0.1, 0.15) is 5.38 Å². The van der Waals surface area contributed by atoms with Gasteiger partial charge in [-0.25, -0.2) is 0 Å². The molecule has 0 saturated heterocycles. The Hall–Kier alpha value is -0.240.